The van der Waals surface area contributed by atoms with Crippen molar-refractivity contribution in [3.8, 4) is 0 Å². The van der Waals surface area contributed by atoms with Crippen LogP contribution >= 0.6 is 11.6 Å². The third-order valence-electron chi connectivity index (χ3n) is 3.60. The highest BCUT2D eigenvalue weighted by Gasteiger charge is 2.28. The van der Waals surface area contributed by atoms with E-state index < -0.39 is 32.0 Å². The molecule has 0 unspecified atom stereocenters. The summed E-state index contributed by atoms with van der Waals surface area (Å²) in [6, 6.07) is 2.33. The first kappa shape index (κ1) is 17.3. The van der Waals surface area contributed by atoms with Gasteiger partial charge in [-0.15, -0.1) is 11.6 Å². The van der Waals surface area contributed by atoms with Gasteiger partial charge in [0.25, 0.3) is 0 Å². The van der Waals surface area contributed by atoms with Crippen molar-refractivity contribution >= 4 is 21.6 Å². The van der Waals surface area contributed by atoms with Gasteiger partial charge in [0.2, 0.25) is 10.0 Å². The summed E-state index contributed by atoms with van der Waals surface area (Å²) in [6.07, 6.45) is 1.36. The van der Waals surface area contributed by atoms with Gasteiger partial charge in [0.1, 0.15) is 16.5 Å². The Bertz CT molecular complexity index is 551. The molecular formula is C13H18ClF2NO2S. The van der Waals surface area contributed by atoms with Gasteiger partial charge in [-0.25, -0.2) is 21.9 Å². The van der Waals surface area contributed by atoms with E-state index in [4.69, 9.17) is 11.6 Å². The van der Waals surface area contributed by atoms with E-state index in [0.29, 0.717) is 18.9 Å². The summed E-state index contributed by atoms with van der Waals surface area (Å²) in [5, 5.41) is 0. The van der Waals surface area contributed by atoms with Gasteiger partial charge in [0.05, 0.1) is 0 Å². The van der Waals surface area contributed by atoms with E-state index in [2.05, 4.69) is 4.72 Å². The minimum atomic E-state index is -4.10. The standard InChI is InChI=1S/C13H18ClF2NO2S/c1-3-13(4-2,8-14)9-17-20(18,19)12-7-10(15)5-6-11(12)16/h5-7,17H,3-4,8-9H2,1-2H3. The summed E-state index contributed by atoms with van der Waals surface area (Å²) >= 11 is 5.89. The molecule has 20 heavy (non-hydrogen) atoms. The minimum absolute atomic E-state index is 0.0851. The summed E-state index contributed by atoms with van der Waals surface area (Å²) in [6.45, 7) is 3.90. The maximum Gasteiger partial charge on any atom is 0.243 e. The number of hydrogen-bond acceptors (Lipinski definition) is 2. The molecule has 0 atom stereocenters. The molecule has 0 fully saturated rings. The van der Waals surface area contributed by atoms with Crippen molar-refractivity contribution < 1.29 is 17.2 Å². The molecular weight excluding hydrogens is 308 g/mol. The maximum absolute atomic E-state index is 13.5. The van der Waals surface area contributed by atoms with Gasteiger partial charge < -0.3 is 0 Å². The van der Waals surface area contributed by atoms with Crippen molar-refractivity contribution in [1.82, 2.24) is 4.72 Å². The fourth-order valence-electron chi connectivity index (χ4n) is 1.75. The molecule has 1 aromatic carbocycles. The Hall–Kier alpha value is -0.720. The third kappa shape index (κ3) is 3.90. The zero-order chi connectivity index (χ0) is 15.4. The molecule has 0 aliphatic rings. The highest BCUT2D eigenvalue weighted by molar-refractivity contribution is 7.89. The maximum atomic E-state index is 13.5. The molecule has 0 saturated carbocycles. The first-order chi connectivity index (χ1) is 9.30. The Balaban J connectivity index is 2.98. The molecule has 0 bridgehead atoms. The fourth-order valence-corrected chi connectivity index (χ4v) is 3.46. The van der Waals surface area contributed by atoms with Gasteiger partial charge in [-0.05, 0) is 36.5 Å². The van der Waals surface area contributed by atoms with Gasteiger partial charge in [-0.3, -0.25) is 0 Å². The van der Waals surface area contributed by atoms with Gasteiger partial charge in [-0.1, -0.05) is 13.8 Å². The van der Waals surface area contributed by atoms with Gasteiger partial charge in [0.15, 0.2) is 0 Å². The second-order valence-electron chi connectivity index (χ2n) is 4.74. The largest absolute Gasteiger partial charge is 0.243 e. The average Bonchev–Trinajstić information content (AvgIpc) is 2.43. The molecule has 1 N–H and O–H groups in total. The average molecular weight is 326 g/mol. The van der Waals surface area contributed by atoms with Crippen LogP contribution < -0.4 is 4.72 Å². The number of hydrogen-bond donors (Lipinski definition) is 1. The summed E-state index contributed by atoms with van der Waals surface area (Å²) in [4.78, 5) is -0.687. The Morgan fingerprint density at radius 3 is 2.35 bits per heavy atom. The summed E-state index contributed by atoms with van der Waals surface area (Å²) in [5.74, 6) is -1.50. The van der Waals surface area contributed by atoms with E-state index in [1.54, 1.807) is 0 Å². The lowest BCUT2D eigenvalue weighted by Crippen LogP contribution is -2.38. The van der Waals surface area contributed by atoms with Crippen LogP contribution in [0.5, 0.6) is 0 Å². The topological polar surface area (TPSA) is 46.2 Å². The molecule has 0 amide bonds. The number of sulfonamides is 1. The van der Waals surface area contributed by atoms with E-state index in [-0.39, 0.29) is 12.4 Å². The molecule has 0 spiro atoms. The van der Waals surface area contributed by atoms with Gasteiger partial charge in [0, 0.05) is 12.4 Å². The van der Waals surface area contributed by atoms with Crippen molar-refractivity contribution in [1.29, 1.82) is 0 Å². The van der Waals surface area contributed by atoms with Crippen LogP contribution in [0.25, 0.3) is 0 Å². The van der Waals surface area contributed by atoms with Crippen molar-refractivity contribution in [3.63, 3.8) is 0 Å². The molecule has 114 valence electrons. The predicted molar refractivity (Wildman–Crippen MR) is 75.3 cm³/mol. The lowest BCUT2D eigenvalue weighted by atomic mass is 9.85. The number of halogens is 3. The Kier molecular flexibility index (Phi) is 5.91. The van der Waals surface area contributed by atoms with Crippen LogP contribution in [0.1, 0.15) is 26.7 Å². The SMILES string of the molecule is CCC(CC)(CCl)CNS(=O)(=O)c1cc(F)ccc1F. The van der Waals surface area contributed by atoms with Crippen LogP contribution in [-0.2, 0) is 10.0 Å². The molecule has 1 aromatic rings. The zero-order valence-electron chi connectivity index (χ0n) is 11.4. The van der Waals surface area contributed by atoms with Crippen molar-refractivity contribution in [2.24, 2.45) is 5.41 Å². The normalized spacial score (nSPS) is 12.7. The first-order valence-electron chi connectivity index (χ1n) is 6.31. The third-order valence-corrected chi connectivity index (χ3v) is 5.59. The van der Waals surface area contributed by atoms with Crippen LogP contribution in [0.3, 0.4) is 0 Å². The number of nitrogens with one attached hydrogen (secondary N) is 1. The molecule has 0 aliphatic heterocycles. The summed E-state index contributed by atoms with van der Waals surface area (Å²) in [5.41, 5.74) is -0.390. The van der Waals surface area contributed by atoms with Crippen molar-refractivity contribution in [2.45, 2.75) is 31.6 Å². The smallest absolute Gasteiger partial charge is 0.210 e. The van der Waals surface area contributed by atoms with Crippen molar-refractivity contribution in [2.75, 3.05) is 12.4 Å². The first-order valence-corrected chi connectivity index (χ1v) is 8.32. The lowest BCUT2D eigenvalue weighted by Gasteiger charge is -2.29. The van der Waals surface area contributed by atoms with E-state index in [0.717, 1.165) is 12.1 Å². The summed E-state index contributed by atoms with van der Waals surface area (Å²) in [7, 11) is -4.10. The van der Waals surface area contributed by atoms with Crippen LogP contribution in [0.4, 0.5) is 8.78 Å². The van der Waals surface area contributed by atoms with Crippen LogP contribution in [0.15, 0.2) is 23.1 Å². The Labute approximate surface area is 123 Å². The molecule has 0 heterocycles. The lowest BCUT2D eigenvalue weighted by molar-refractivity contribution is 0.304. The zero-order valence-corrected chi connectivity index (χ0v) is 13.0. The van der Waals surface area contributed by atoms with Crippen molar-refractivity contribution in [3.05, 3.63) is 29.8 Å². The van der Waals surface area contributed by atoms with E-state index >= 15 is 0 Å². The predicted octanol–water partition coefficient (Wildman–Crippen LogP) is 3.29. The Morgan fingerprint density at radius 1 is 1.25 bits per heavy atom. The van der Waals surface area contributed by atoms with Crippen LogP contribution in [-0.4, -0.2) is 20.8 Å². The van der Waals surface area contributed by atoms with E-state index in [1.165, 1.54) is 0 Å². The molecule has 7 heteroatoms. The van der Waals surface area contributed by atoms with Gasteiger partial charge in [-0.2, -0.15) is 0 Å². The summed E-state index contributed by atoms with van der Waals surface area (Å²) < 4.78 is 53.0. The van der Waals surface area contributed by atoms with Crippen LogP contribution in [0, 0.1) is 17.0 Å². The molecule has 0 radical (unpaired) electrons. The van der Waals surface area contributed by atoms with Gasteiger partial charge >= 0.3 is 0 Å². The molecule has 0 aromatic heterocycles. The molecule has 0 aliphatic carbocycles. The Morgan fingerprint density at radius 2 is 1.85 bits per heavy atom. The monoisotopic (exact) mass is 325 g/mol. The highest BCUT2D eigenvalue weighted by Crippen LogP contribution is 2.28. The molecule has 3 nitrogen and oxygen atoms in total. The minimum Gasteiger partial charge on any atom is -0.210 e. The van der Waals surface area contributed by atoms with E-state index in [1.807, 2.05) is 13.8 Å². The molecule has 1 rings (SSSR count). The quantitative estimate of drug-likeness (QED) is 0.782. The second-order valence-corrected chi connectivity index (χ2v) is 6.74. The van der Waals surface area contributed by atoms with Crippen LogP contribution in [0.2, 0.25) is 0 Å². The van der Waals surface area contributed by atoms with E-state index in [9.17, 15) is 17.2 Å². The molecule has 0 saturated heterocycles. The second kappa shape index (κ2) is 6.83. The number of benzene rings is 1. The highest BCUT2D eigenvalue weighted by atomic mass is 35.5. The number of alkyl halides is 1. The number of rotatable bonds is 7. The fraction of sp³-hybridized carbons (Fsp3) is 0.538.